The molecule has 0 amide bonds. The van der Waals surface area contributed by atoms with Crippen LogP contribution < -0.4 is 10.5 Å². The topological polar surface area (TPSA) is 91.3 Å². The summed E-state index contributed by atoms with van der Waals surface area (Å²) in [6, 6.07) is 7.93. The van der Waals surface area contributed by atoms with Crippen LogP contribution in [0, 0.1) is 10.1 Å². The number of nitro groups is 1. The fourth-order valence-electron chi connectivity index (χ4n) is 1.72. The molecular formula is C14H14ClN3O3. The largest absolute Gasteiger partial charge is 0.487 e. The molecule has 0 atom stereocenters. The molecule has 6 nitrogen and oxygen atoms in total. The number of pyridine rings is 1. The second-order valence-electron chi connectivity index (χ2n) is 4.35. The SMILES string of the molecule is NCCc1ccc(OCc2ccc([N+](=O)[O-])cc2Cl)cn1. The van der Waals surface area contributed by atoms with Crippen LogP contribution in [0.15, 0.2) is 36.5 Å². The van der Waals surface area contributed by atoms with Crippen molar-refractivity contribution in [2.45, 2.75) is 13.0 Å². The molecule has 21 heavy (non-hydrogen) atoms. The zero-order valence-corrected chi connectivity index (χ0v) is 11.9. The molecule has 2 rings (SSSR count). The molecule has 0 aliphatic rings. The zero-order chi connectivity index (χ0) is 15.2. The lowest BCUT2D eigenvalue weighted by Crippen LogP contribution is -2.04. The first-order valence-electron chi connectivity index (χ1n) is 6.31. The van der Waals surface area contributed by atoms with Crippen molar-refractivity contribution >= 4 is 17.3 Å². The van der Waals surface area contributed by atoms with Crippen molar-refractivity contribution in [3.8, 4) is 5.75 Å². The molecule has 1 aromatic carbocycles. The molecule has 0 aliphatic carbocycles. The van der Waals surface area contributed by atoms with E-state index >= 15 is 0 Å². The Hall–Kier alpha value is -2.18. The van der Waals surface area contributed by atoms with Gasteiger partial charge in [-0.1, -0.05) is 11.6 Å². The molecule has 110 valence electrons. The third-order valence-electron chi connectivity index (χ3n) is 2.84. The average molecular weight is 308 g/mol. The lowest BCUT2D eigenvalue weighted by molar-refractivity contribution is -0.384. The molecule has 2 N–H and O–H groups in total. The minimum Gasteiger partial charge on any atom is -0.487 e. The minimum absolute atomic E-state index is 0.0449. The van der Waals surface area contributed by atoms with E-state index < -0.39 is 4.92 Å². The average Bonchev–Trinajstić information content (AvgIpc) is 2.47. The van der Waals surface area contributed by atoms with Crippen LogP contribution in [0.1, 0.15) is 11.3 Å². The first kappa shape index (κ1) is 15.2. The first-order chi connectivity index (χ1) is 10.1. The van der Waals surface area contributed by atoms with Gasteiger partial charge in [-0.25, -0.2) is 0 Å². The van der Waals surface area contributed by atoms with Crippen molar-refractivity contribution in [2.24, 2.45) is 5.73 Å². The van der Waals surface area contributed by atoms with Gasteiger partial charge in [-0.15, -0.1) is 0 Å². The second kappa shape index (κ2) is 7.01. The van der Waals surface area contributed by atoms with Crippen molar-refractivity contribution in [3.05, 3.63) is 62.9 Å². The molecular weight excluding hydrogens is 294 g/mol. The van der Waals surface area contributed by atoms with E-state index in [9.17, 15) is 10.1 Å². The summed E-state index contributed by atoms with van der Waals surface area (Å²) < 4.78 is 5.56. The normalized spacial score (nSPS) is 10.4. The number of hydrogen-bond donors (Lipinski definition) is 1. The Bertz CT molecular complexity index is 632. The van der Waals surface area contributed by atoms with Crippen molar-refractivity contribution < 1.29 is 9.66 Å². The summed E-state index contributed by atoms with van der Waals surface area (Å²) in [6.07, 6.45) is 2.33. The van der Waals surface area contributed by atoms with Gasteiger partial charge < -0.3 is 10.5 Å². The number of halogens is 1. The van der Waals surface area contributed by atoms with E-state index in [-0.39, 0.29) is 12.3 Å². The molecule has 0 bridgehead atoms. The zero-order valence-electron chi connectivity index (χ0n) is 11.2. The van der Waals surface area contributed by atoms with Gasteiger partial charge in [0.15, 0.2) is 0 Å². The standard InChI is InChI=1S/C14H14ClN3O3/c15-14-7-12(18(19)20)3-1-10(14)9-21-13-4-2-11(5-6-16)17-8-13/h1-4,7-8H,5-6,9,16H2. The summed E-state index contributed by atoms with van der Waals surface area (Å²) in [6.45, 7) is 0.764. The fraction of sp³-hybridized carbons (Fsp3) is 0.214. The minimum atomic E-state index is -0.489. The van der Waals surface area contributed by atoms with E-state index in [0.717, 1.165) is 5.69 Å². The third-order valence-corrected chi connectivity index (χ3v) is 3.19. The molecule has 1 aromatic heterocycles. The van der Waals surface area contributed by atoms with E-state index in [2.05, 4.69) is 4.98 Å². The highest BCUT2D eigenvalue weighted by molar-refractivity contribution is 6.31. The van der Waals surface area contributed by atoms with Gasteiger partial charge in [0.05, 0.1) is 16.1 Å². The van der Waals surface area contributed by atoms with Gasteiger partial charge in [-0.3, -0.25) is 15.1 Å². The molecule has 7 heteroatoms. The number of aromatic nitrogens is 1. The van der Waals surface area contributed by atoms with Crippen molar-refractivity contribution in [3.63, 3.8) is 0 Å². The third kappa shape index (κ3) is 4.14. The summed E-state index contributed by atoms with van der Waals surface area (Å²) in [4.78, 5) is 14.4. The number of non-ortho nitro benzene ring substituents is 1. The highest BCUT2D eigenvalue weighted by Crippen LogP contribution is 2.23. The van der Waals surface area contributed by atoms with Crippen LogP contribution in [-0.4, -0.2) is 16.5 Å². The summed E-state index contributed by atoms with van der Waals surface area (Å²) >= 11 is 5.99. The number of rotatable bonds is 6. The molecule has 2 aromatic rings. The molecule has 1 heterocycles. The van der Waals surface area contributed by atoms with Crippen LogP contribution in [-0.2, 0) is 13.0 Å². The highest BCUT2D eigenvalue weighted by atomic mass is 35.5. The molecule has 0 unspecified atom stereocenters. The molecule has 0 spiro atoms. The number of hydrogen-bond acceptors (Lipinski definition) is 5. The Morgan fingerprint density at radius 1 is 1.33 bits per heavy atom. The van der Waals surface area contributed by atoms with Crippen LogP contribution in [0.4, 0.5) is 5.69 Å². The number of nitrogens with zero attached hydrogens (tertiary/aromatic N) is 2. The maximum atomic E-state index is 10.6. The maximum absolute atomic E-state index is 10.6. The summed E-state index contributed by atoms with van der Waals surface area (Å²) in [7, 11) is 0. The van der Waals surface area contributed by atoms with E-state index in [4.69, 9.17) is 22.1 Å². The van der Waals surface area contributed by atoms with Gasteiger partial charge >= 0.3 is 0 Å². The van der Waals surface area contributed by atoms with Crippen molar-refractivity contribution in [1.82, 2.24) is 4.98 Å². The predicted octanol–water partition coefficient (Wildman–Crippen LogP) is 2.72. The Morgan fingerprint density at radius 2 is 2.14 bits per heavy atom. The maximum Gasteiger partial charge on any atom is 0.270 e. The summed E-state index contributed by atoms with van der Waals surface area (Å²) in [5.74, 6) is 0.602. The highest BCUT2D eigenvalue weighted by Gasteiger charge is 2.09. The number of nitrogens with two attached hydrogens (primary N) is 1. The van der Waals surface area contributed by atoms with E-state index in [0.29, 0.717) is 29.3 Å². The Kier molecular flexibility index (Phi) is 5.08. The Balaban J connectivity index is 2.01. The van der Waals surface area contributed by atoms with Gasteiger partial charge in [-0.2, -0.15) is 0 Å². The van der Waals surface area contributed by atoms with Gasteiger partial charge in [0.1, 0.15) is 12.4 Å². The molecule has 0 radical (unpaired) electrons. The van der Waals surface area contributed by atoms with Crippen LogP contribution in [0.5, 0.6) is 5.75 Å². The Labute approximate surface area is 126 Å². The van der Waals surface area contributed by atoms with Gasteiger partial charge in [0, 0.05) is 29.8 Å². The van der Waals surface area contributed by atoms with E-state index in [1.165, 1.54) is 12.1 Å². The van der Waals surface area contributed by atoms with Crippen LogP contribution in [0.25, 0.3) is 0 Å². The predicted molar refractivity (Wildman–Crippen MR) is 79.4 cm³/mol. The first-order valence-corrected chi connectivity index (χ1v) is 6.68. The molecule has 0 saturated heterocycles. The number of benzene rings is 1. The van der Waals surface area contributed by atoms with Gasteiger partial charge in [-0.05, 0) is 24.7 Å². The Morgan fingerprint density at radius 3 is 2.71 bits per heavy atom. The molecule has 0 aliphatic heterocycles. The van der Waals surface area contributed by atoms with Crippen molar-refractivity contribution in [1.29, 1.82) is 0 Å². The number of nitro benzene ring substituents is 1. The summed E-state index contributed by atoms with van der Waals surface area (Å²) in [5, 5.41) is 10.9. The number of ether oxygens (including phenoxy) is 1. The quantitative estimate of drug-likeness (QED) is 0.654. The molecule has 0 fully saturated rings. The monoisotopic (exact) mass is 307 g/mol. The van der Waals surface area contributed by atoms with Gasteiger partial charge in [0.2, 0.25) is 0 Å². The van der Waals surface area contributed by atoms with Gasteiger partial charge in [0.25, 0.3) is 5.69 Å². The summed E-state index contributed by atoms with van der Waals surface area (Å²) in [5.41, 5.74) is 6.98. The lowest BCUT2D eigenvalue weighted by Gasteiger charge is -2.08. The lowest BCUT2D eigenvalue weighted by atomic mass is 10.2. The van der Waals surface area contributed by atoms with Crippen LogP contribution >= 0.6 is 11.6 Å². The second-order valence-corrected chi connectivity index (χ2v) is 4.75. The van der Waals surface area contributed by atoms with E-state index in [1.54, 1.807) is 18.3 Å². The van der Waals surface area contributed by atoms with E-state index in [1.807, 2.05) is 6.07 Å². The smallest absolute Gasteiger partial charge is 0.270 e. The van der Waals surface area contributed by atoms with Crippen LogP contribution in [0.3, 0.4) is 0 Å². The fourth-order valence-corrected chi connectivity index (χ4v) is 1.95. The van der Waals surface area contributed by atoms with Crippen LogP contribution in [0.2, 0.25) is 5.02 Å². The molecule has 0 saturated carbocycles. The van der Waals surface area contributed by atoms with Crippen molar-refractivity contribution in [2.75, 3.05) is 6.54 Å².